The minimum absolute atomic E-state index is 0.000397. The molecule has 3 nitrogen and oxygen atoms in total. The maximum atomic E-state index is 10.4. The summed E-state index contributed by atoms with van der Waals surface area (Å²) in [6.45, 7) is 1.19. The zero-order chi connectivity index (χ0) is 29.1. The Morgan fingerprint density at radius 1 is 0.524 bits per heavy atom. The lowest BCUT2D eigenvalue weighted by molar-refractivity contribution is 0.0784. The first-order valence-corrected chi connectivity index (χ1v) is 16.0. The van der Waals surface area contributed by atoms with E-state index in [1.165, 1.54) is 63.4 Å². The summed E-state index contributed by atoms with van der Waals surface area (Å²) in [7, 11) is 0. The van der Waals surface area contributed by atoms with Gasteiger partial charge in [0.25, 0.3) is 0 Å². The zero-order valence-corrected chi connectivity index (χ0v) is 25.2. The minimum Gasteiger partial charge on any atom is -0.395 e. The van der Waals surface area contributed by atoms with Crippen LogP contribution in [0.2, 0.25) is 0 Å². The van der Waals surface area contributed by atoms with E-state index in [4.69, 9.17) is 4.74 Å². The lowest BCUT2D eigenvalue weighted by Crippen LogP contribution is -2.52. The van der Waals surface area contributed by atoms with Crippen LogP contribution >= 0.6 is 0 Å². The van der Waals surface area contributed by atoms with Gasteiger partial charge in [-0.1, -0.05) is 166 Å². The van der Waals surface area contributed by atoms with Gasteiger partial charge in [-0.3, -0.25) is 5.32 Å². The third kappa shape index (κ3) is 9.66. The predicted molar refractivity (Wildman–Crippen MR) is 176 cm³/mol. The number of ether oxygens (including phenoxy) is 1. The Morgan fingerprint density at radius 2 is 0.929 bits per heavy atom. The molecule has 0 heterocycles. The summed E-state index contributed by atoms with van der Waals surface area (Å²) in [5, 5.41) is 14.3. The molecule has 4 aromatic rings. The van der Waals surface area contributed by atoms with Crippen LogP contribution in [-0.2, 0) is 16.7 Å². The molecular formula is C39H49NO2. The molecule has 1 atom stereocenters. The summed E-state index contributed by atoms with van der Waals surface area (Å²) in [6.07, 6.45) is 12.7. The minimum atomic E-state index is -0.609. The van der Waals surface area contributed by atoms with Crippen LogP contribution in [0.4, 0.5) is 0 Å². The van der Waals surface area contributed by atoms with Crippen molar-refractivity contribution in [2.24, 2.45) is 0 Å². The second-order valence-electron chi connectivity index (χ2n) is 11.4. The van der Waals surface area contributed by atoms with Gasteiger partial charge < -0.3 is 9.84 Å². The molecule has 0 spiro atoms. The highest BCUT2D eigenvalue weighted by Gasteiger charge is 2.37. The molecule has 0 saturated carbocycles. The maximum Gasteiger partial charge on any atom is 0.0951 e. The van der Waals surface area contributed by atoms with Crippen molar-refractivity contribution in [1.29, 1.82) is 0 Å². The van der Waals surface area contributed by atoms with E-state index in [9.17, 15) is 5.11 Å². The van der Waals surface area contributed by atoms with E-state index < -0.39 is 5.54 Å². The summed E-state index contributed by atoms with van der Waals surface area (Å²) < 4.78 is 6.13. The van der Waals surface area contributed by atoms with Crippen molar-refractivity contribution in [2.45, 2.75) is 75.8 Å². The molecule has 222 valence electrons. The third-order valence-electron chi connectivity index (χ3n) is 8.18. The van der Waals surface area contributed by atoms with Gasteiger partial charge in [0, 0.05) is 6.61 Å². The lowest BCUT2D eigenvalue weighted by atomic mass is 9.76. The van der Waals surface area contributed by atoms with Gasteiger partial charge in [0.15, 0.2) is 0 Å². The fraction of sp³-hybridized carbons (Fsp3) is 0.385. The van der Waals surface area contributed by atoms with Gasteiger partial charge in [-0.15, -0.1) is 0 Å². The SMILES string of the molecule is OC[C@@H](COCCCCCCCCCCCc1ccccc1)NC(c1ccccc1)(c1ccccc1)c1ccccc1. The second-order valence-corrected chi connectivity index (χ2v) is 11.4. The lowest BCUT2D eigenvalue weighted by Gasteiger charge is -2.39. The molecule has 0 aromatic heterocycles. The summed E-state index contributed by atoms with van der Waals surface area (Å²) in [6, 6.07) is 42.2. The number of nitrogens with one attached hydrogen (secondary N) is 1. The quantitative estimate of drug-likeness (QED) is 0.0835. The van der Waals surface area contributed by atoms with Crippen LogP contribution < -0.4 is 5.32 Å². The molecule has 0 fully saturated rings. The van der Waals surface area contributed by atoms with Crippen LogP contribution in [0.3, 0.4) is 0 Å². The summed E-state index contributed by atoms with van der Waals surface area (Å²) in [4.78, 5) is 0. The number of unbranched alkanes of at least 4 members (excludes halogenated alkanes) is 8. The van der Waals surface area contributed by atoms with Crippen molar-refractivity contribution in [2.75, 3.05) is 19.8 Å². The highest BCUT2D eigenvalue weighted by molar-refractivity contribution is 5.49. The Hall–Kier alpha value is -3.24. The standard InChI is InChI=1S/C39H49NO2/c41-32-38(33-42-31-21-7-5-3-1-2-4-6-12-22-34-23-13-8-14-24-34)40-39(35-25-15-9-16-26-35,36-27-17-10-18-28-36)37-29-19-11-20-30-37/h8-11,13-20,23-30,38,40-41H,1-7,12,21-22,31-33H2/t38-/m0/s1. The molecule has 0 aliphatic heterocycles. The first-order valence-electron chi connectivity index (χ1n) is 16.0. The summed E-state index contributed by atoms with van der Waals surface area (Å²) in [5.74, 6) is 0. The molecule has 42 heavy (non-hydrogen) atoms. The average Bonchev–Trinajstić information content (AvgIpc) is 3.06. The second kappa shape index (κ2) is 18.3. The fourth-order valence-electron chi connectivity index (χ4n) is 5.90. The van der Waals surface area contributed by atoms with Gasteiger partial charge in [-0.05, 0) is 41.5 Å². The van der Waals surface area contributed by atoms with E-state index in [2.05, 4.69) is 108 Å². The third-order valence-corrected chi connectivity index (χ3v) is 8.18. The van der Waals surface area contributed by atoms with Gasteiger partial charge in [0.05, 0.1) is 24.8 Å². The van der Waals surface area contributed by atoms with Gasteiger partial charge in [0.2, 0.25) is 0 Å². The van der Waals surface area contributed by atoms with Crippen LogP contribution in [0, 0.1) is 0 Å². The van der Waals surface area contributed by atoms with E-state index in [0.29, 0.717) is 6.61 Å². The van der Waals surface area contributed by atoms with E-state index in [0.717, 1.165) is 29.7 Å². The van der Waals surface area contributed by atoms with Crippen LogP contribution in [0.5, 0.6) is 0 Å². The summed E-state index contributed by atoms with van der Waals surface area (Å²) in [5.41, 5.74) is 4.26. The number of benzene rings is 4. The largest absolute Gasteiger partial charge is 0.395 e. The van der Waals surface area contributed by atoms with Crippen molar-refractivity contribution < 1.29 is 9.84 Å². The Kier molecular flexibility index (Phi) is 13.8. The Balaban J connectivity index is 1.20. The molecule has 0 saturated heterocycles. The molecule has 0 radical (unpaired) electrons. The number of hydrogen-bond acceptors (Lipinski definition) is 3. The van der Waals surface area contributed by atoms with Crippen molar-refractivity contribution >= 4 is 0 Å². The van der Waals surface area contributed by atoms with E-state index in [1.807, 2.05) is 18.2 Å². The van der Waals surface area contributed by atoms with E-state index in [1.54, 1.807) is 0 Å². The zero-order valence-electron chi connectivity index (χ0n) is 25.2. The topological polar surface area (TPSA) is 41.5 Å². The van der Waals surface area contributed by atoms with E-state index in [-0.39, 0.29) is 12.6 Å². The van der Waals surface area contributed by atoms with Crippen molar-refractivity contribution in [1.82, 2.24) is 5.32 Å². The van der Waals surface area contributed by atoms with Gasteiger partial charge >= 0.3 is 0 Å². The van der Waals surface area contributed by atoms with Crippen molar-refractivity contribution in [3.63, 3.8) is 0 Å². The first kappa shape index (κ1) is 31.7. The highest BCUT2D eigenvalue weighted by Crippen LogP contribution is 2.37. The molecule has 2 N–H and O–H groups in total. The fourth-order valence-corrected chi connectivity index (χ4v) is 5.90. The van der Waals surface area contributed by atoms with E-state index >= 15 is 0 Å². The molecule has 0 aliphatic carbocycles. The Labute approximate surface area is 254 Å². The van der Waals surface area contributed by atoms with Crippen LogP contribution in [0.25, 0.3) is 0 Å². The Morgan fingerprint density at radius 3 is 1.38 bits per heavy atom. The molecule has 0 unspecified atom stereocenters. The average molecular weight is 564 g/mol. The Bertz CT molecular complexity index is 1120. The number of aryl methyl sites for hydroxylation is 1. The number of rotatable bonds is 20. The highest BCUT2D eigenvalue weighted by atomic mass is 16.5. The monoisotopic (exact) mass is 563 g/mol. The summed E-state index contributed by atoms with van der Waals surface area (Å²) >= 11 is 0. The van der Waals surface area contributed by atoms with Crippen LogP contribution in [0.15, 0.2) is 121 Å². The van der Waals surface area contributed by atoms with Crippen molar-refractivity contribution in [3.05, 3.63) is 144 Å². The molecule has 4 rings (SSSR count). The van der Waals surface area contributed by atoms with Gasteiger partial charge in [0.1, 0.15) is 0 Å². The van der Waals surface area contributed by atoms with Crippen LogP contribution in [-0.4, -0.2) is 31.0 Å². The molecule has 0 amide bonds. The van der Waals surface area contributed by atoms with Crippen molar-refractivity contribution in [3.8, 4) is 0 Å². The molecule has 3 heteroatoms. The smallest absolute Gasteiger partial charge is 0.0951 e. The first-order chi connectivity index (χ1) is 20.8. The van der Waals surface area contributed by atoms with Gasteiger partial charge in [-0.2, -0.15) is 0 Å². The maximum absolute atomic E-state index is 10.4. The number of aliphatic hydroxyl groups excluding tert-OH is 1. The van der Waals surface area contributed by atoms with Crippen LogP contribution in [0.1, 0.15) is 80.0 Å². The number of hydrogen-bond donors (Lipinski definition) is 2. The molecule has 0 aliphatic rings. The number of aliphatic hydroxyl groups is 1. The van der Waals surface area contributed by atoms with Gasteiger partial charge in [-0.25, -0.2) is 0 Å². The molecule has 0 bridgehead atoms. The predicted octanol–water partition coefficient (Wildman–Crippen LogP) is 8.70. The molecular weight excluding hydrogens is 514 g/mol. The molecule has 4 aromatic carbocycles. The normalized spacial score (nSPS) is 12.3.